The molecule has 1 aromatic carbocycles. The molecular weight excluding hydrogens is 284 g/mol. The van der Waals surface area contributed by atoms with E-state index in [1.54, 1.807) is 6.20 Å². The van der Waals surface area contributed by atoms with Crippen LogP contribution in [0.1, 0.15) is 42.5 Å². The molecule has 4 fully saturated rings. The van der Waals surface area contributed by atoms with E-state index in [-0.39, 0.29) is 5.91 Å². The number of amides is 1. The molecule has 2 aliphatic carbocycles. The smallest absolute Gasteiger partial charge is 0.254 e. The Kier molecular flexibility index (Phi) is 2.97. The summed E-state index contributed by atoms with van der Waals surface area (Å²) in [5, 5.41) is 0.990. The van der Waals surface area contributed by atoms with E-state index in [1.807, 2.05) is 30.3 Å². The van der Waals surface area contributed by atoms with E-state index in [0.717, 1.165) is 40.8 Å². The van der Waals surface area contributed by atoms with E-state index >= 15 is 0 Å². The first kappa shape index (κ1) is 13.5. The first-order valence-corrected chi connectivity index (χ1v) is 8.92. The number of pyridine rings is 1. The van der Waals surface area contributed by atoms with Crippen LogP contribution in [0.3, 0.4) is 0 Å². The van der Waals surface area contributed by atoms with Crippen molar-refractivity contribution in [2.75, 3.05) is 6.54 Å². The van der Waals surface area contributed by atoms with Gasteiger partial charge in [-0.05, 0) is 68.1 Å². The molecule has 2 saturated heterocycles. The number of nitrogens with zero attached hydrogens (tertiary/aromatic N) is 2. The first-order valence-electron chi connectivity index (χ1n) is 8.92. The Hall–Kier alpha value is -1.90. The zero-order valence-corrected chi connectivity index (χ0v) is 13.3. The first-order chi connectivity index (χ1) is 11.3. The van der Waals surface area contributed by atoms with Crippen LogP contribution in [0.4, 0.5) is 0 Å². The predicted octanol–water partition coefficient (Wildman–Crippen LogP) is 3.89. The normalized spacial score (nSPS) is 32.3. The van der Waals surface area contributed by atoms with Gasteiger partial charge in [0.15, 0.2) is 0 Å². The third-order valence-corrected chi connectivity index (χ3v) is 6.24. The molecule has 4 bridgehead atoms. The Bertz CT molecular complexity index is 752. The summed E-state index contributed by atoms with van der Waals surface area (Å²) in [5.74, 6) is 2.68. The highest BCUT2D eigenvalue weighted by atomic mass is 16.2. The highest BCUT2D eigenvalue weighted by Gasteiger charge is 2.44. The second-order valence-corrected chi connectivity index (χ2v) is 7.76. The lowest BCUT2D eigenvalue weighted by Gasteiger charge is -2.39. The maximum Gasteiger partial charge on any atom is 0.254 e. The van der Waals surface area contributed by atoms with Crippen molar-refractivity contribution in [2.45, 2.75) is 38.1 Å². The Morgan fingerprint density at radius 2 is 1.74 bits per heavy atom. The zero-order valence-electron chi connectivity index (χ0n) is 13.3. The number of fused-ring (bicyclic) bond motifs is 2. The number of hydrogen-bond donors (Lipinski definition) is 0. The van der Waals surface area contributed by atoms with Gasteiger partial charge in [-0.2, -0.15) is 0 Å². The summed E-state index contributed by atoms with van der Waals surface area (Å²) in [5.41, 5.74) is 1.75. The minimum absolute atomic E-state index is 0.224. The summed E-state index contributed by atoms with van der Waals surface area (Å²) in [7, 11) is 0. The molecule has 4 atom stereocenters. The van der Waals surface area contributed by atoms with Gasteiger partial charge in [-0.1, -0.05) is 12.1 Å². The van der Waals surface area contributed by atoms with Crippen molar-refractivity contribution < 1.29 is 4.79 Å². The Morgan fingerprint density at radius 1 is 0.957 bits per heavy atom. The molecule has 2 aromatic rings. The molecule has 6 rings (SSSR count). The van der Waals surface area contributed by atoms with E-state index in [0.29, 0.717) is 6.04 Å². The molecule has 1 amide bonds. The fourth-order valence-corrected chi connectivity index (χ4v) is 5.48. The largest absolute Gasteiger partial charge is 0.335 e. The van der Waals surface area contributed by atoms with Crippen LogP contribution >= 0.6 is 0 Å². The molecule has 1 aromatic heterocycles. The molecule has 118 valence electrons. The Morgan fingerprint density at radius 3 is 2.57 bits per heavy atom. The lowest BCUT2D eigenvalue weighted by Crippen LogP contribution is -2.42. The maximum absolute atomic E-state index is 13.3. The Balaban J connectivity index is 1.55. The van der Waals surface area contributed by atoms with Gasteiger partial charge in [0, 0.05) is 29.7 Å². The predicted molar refractivity (Wildman–Crippen MR) is 90.1 cm³/mol. The minimum atomic E-state index is 0.224. The van der Waals surface area contributed by atoms with Crippen molar-refractivity contribution >= 4 is 16.8 Å². The SMILES string of the molecule is O=C(c1cccc2ncccc12)N1CC2C[C@@H]3CC1C[C@H](C2)C3. The van der Waals surface area contributed by atoms with Crippen molar-refractivity contribution in [3.05, 3.63) is 42.1 Å². The molecule has 3 nitrogen and oxygen atoms in total. The minimum Gasteiger partial charge on any atom is -0.335 e. The third-order valence-electron chi connectivity index (χ3n) is 6.24. The maximum atomic E-state index is 13.3. The van der Waals surface area contributed by atoms with E-state index < -0.39 is 0 Å². The molecular formula is C20H22N2O. The number of carbonyl (C=O) groups excluding carboxylic acids is 1. The monoisotopic (exact) mass is 306 g/mol. The molecule has 23 heavy (non-hydrogen) atoms. The third kappa shape index (κ3) is 2.17. The summed E-state index contributed by atoms with van der Waals surface area (Å²) < 4.78 is 0. The fourth-order valence-electron chi connectivity index (χ4n) is 5.48. The molecule has 3 heteroatoms. The number of benzene rings is 1. The standard InChI is InChI=1S/C20H22N2O/c23-20(18-3-1-5-19-17(18)4-2-6-21-19)22-12-15-8-13-7-14(9-15)11-16(22)10-13/h1-6,13-16H,7-12H2/t13-,14+,15?,16?. The average molecular weight is 306 g/mol. The topological polar surface area (TPSA) is 33.2 Å². The summed E-state index contributed by atoms with van der Waals surface area (Å²) in [6, 6.07) is 10.3. The van der Waals surface area contributed by atoms with Crippen molar-refractivity contribution in [1.29, 1.82) is 0 Å². The van der Waals surface area contributed by atoms with E-state index in [1.165, 1.54) is 32.1 Å². The van der Waals surface area contributed by atoms with Crippen LogP contribution in [-0.2, 0) is 0 Å². The van der Waals surface area contributed by atoms with Crippen LogP contribution in [0, 0.1) is 17.8 Å². The van der Waals surface area contributed by atoms with Gasteiger partial charge in [-0.25, -0.2) is 0 Å². The van der Waals surface area contributed by atoms with Gasteiger partial charge in [0.2, 0.25) is 0 Å². The van der Waals surface area contributed by atoms with E-state index in [4.69, 9.17) is 0 Å². The Labute approximate surface area is 136 Å². The number of aromatic nitrogens is 1. The molecule has 0 spiro atoms. The lowest BCUT2D eigenvalue weighted by molar-refractivity contribution is 0.0634. The summed E-state index contributed by atoms with van der Waals surface area (Å²) in [6.07, 6.45) is 8.33. The van der Waals surface area contributed by atoms with Gasteiger partial charge >= 0.3 is 0 Å². The van der Waals surface area contributed by atoms with Crippen molar-refractivity contribution in [1.82, 2.24) is 9.88 Å². The van der Waals surface area contributed by atoms with Crippen molar-refractivity contribution in [3.63, 3.8) is 0 Å². The van der Waals surface area contributed by atoms with Gasteiger partial charge < -0.3 is 4.90 Å². The van der Waals surface area contributed by atoms with E-state index in [2.05, 4.69) is 9.88 Å². The van der Waals surface area contributed by atoms with Crippen molar-refractivity contribution in [2.24, 2.45) is 17.8 Å². The number of carbonyl (C=O) groups is 1. The molecule has 2 unspecified atom stereocenters. The molecule has 4 aliphatic rings. The average Bonchev–Trinajstić information content (AvgIpc) is 2.77. The number of hydrogen-bond acceptors (Lipinski definition) is 2. The summed E-state index contributed by atoms with van der Waals surface area (Å²) in [6.45, 7) is 0.965. The second kappa shape index (κ2) is 5.05. The second-order valence-electron chi connectivity index (χ2n) is 7.76. The van der Waals surface area contributed by atoms with Crippen LogP contribution in [0.2, 0.25) is 0 Å². The summed E-state index contributed by atoms with van der Waals surface area (Å²) in [4.78, 5) is 19.9. The fraction of sp³-hybridized carbons (Fsp3) is 0.500. The van der Waals surface area contributed by atoms with Gasteiger partial charge in [0.1, 0.15) is 0 Å². The molecule has 2 saturated carbocycles. The number of rotatable bonds is 1. The lowest BCUT2D eigenvalue weighted by atomic mass is 9.68. The van der Waals surface area contributed by atoms with Crippen molar-refractivity contribution in [3.8, 4) is 0 Å². The van der Waals surface area contributed by atoms with Crippen LogP contribution < -0.4 is 0 Å². The molecule has 0 radical (unpaired) electrons. The van der Waals surface area contributed by atoms with Gasteiger partial charge in [-0.15, -0.1) is 0 Å². The highest BCUT2D eigenvalue weighted by molar-refractivity contribution is 6.06. The quantitative estimate of drug-likeness (QED) is 0.801. The van der Waals surface area contributed by atoms with Crippen LogP contribution in [0.5, 0.6) is 0 Å². The summed E-state index contributed by atoms with van der Waals surface area (Å²) >= 11 is 0. The molecule has 0 N–H and O–H groups in total. The van der Waals surface area contributed by atoms with Gasteiger partial charge in [0.05, 0.1) is 5.52 Å². The highest BCUT2D eigenvalue weighted by Crippen LogP contribution is 2.47. The van der Waals surface area contributed by atoms with Gasteiger partial charge in [0.25, 0.3) is 5.91 Å². The van der Waals surface area contributed by atoms with Crippen LogP contribution in [-0.4, -0.2) is 28.4 Å². The molecule has 3 heterocycles. The molecule has 2 aliphatic heterocycles. The zero-order chi connectivity index (χ0) is 15.4. The van der Waals surface area contributed by atoms with E-state index in [9.17, 15) is 4.79 Å². The van der Waals surface area contributed by atoms with Crippen LogP contribution in [0.25, 0.3) is 10.9 Å². The van der Waals surface area contributed by atoms with Gasteiger partial charge in [-0.3, -0.25) is 9.78 Å². The van der Waals surface area contributed by atoms with Crippen LogP contribution in [0.15, 0.2) is 36.5 Å².